The van der Waals surface area contributed by atoms with E-state index in [0.29, 0.717) is 0 Å². The van der Waals surface area contributed by atoms with Crippen LogP contribution in [0.1, 0.15) is 16.2 Å². The number of aliphatic imine (C=N–C) groups is 1. The van der Waals surface area contributed by atoms with Crippen molar-refractivity contribution in [2.45, 2.75) is 12.8 Å². The van der Waals surface area contributed by atoms with Gasteiger partial charge in [-0.1, -0.05) is 11.3 Å². The molecule has 110 valence electrons. The highest BCUT2D eigenvalue weighted by Crippen LogP contribution is 2.40. The van der Waals surface area contributed by atoms with E-state index >= 15 is 0 Å². The molecule has 1 aromatic carbocycles. The Hall–Kier alpha value is -2.40. The standard InChI is InChI=1S/C17H14N2O2S/c1-20-12-5-6-14-11(9-12)4-7-15-16(14)19-17(22-15)18-10-13-3-2-8-21-13/h2-3,5-6,8-10H,4,7H2,1H3/b18-10+. The van der Waals surface area contributed by atoms with Gasteiger partial charge in [-0.3, -0.25) is 0 Å². The van der Waals surface area contributed by atoms with Crippen molar-refractivity contribution in [1.82, 2.24) is 4.98 Å². The van der Waals surface area contributed by atoms with Crippen LogP contribution in [-0.2, 0) is 12.8 Å². The zero-order valence-electron chi connectivity index (χ0n) is 12.1. The van der Waals surface area contributed by atoms with Crippen molar-refractivity contribution < 1.29 is 9.15 Å². The van der Waals surface area contributed by atoms with Crippen LogP contribution < -0.4 is 4.74 Å². The van der Waals surface area contributed by atoms with Crippen LogP contribution in [0.15, 0.2) is 46.0 Å². The van der Waals surface area contributed by atoms with Gasteiger partial charge in [0.05, 0.1) is 25.3 Å². The molecule has 4 rings (SSSR count). The summed E-state index contributed by atoms with van der Waals surface area (Å²) in [4.78, 5) is 10.4. The highest BCUT2D eigenvalue weighted by atomic mass is 32.1. The topological polar surface area (TPSA) is 47.6 Å². The average Bonchev–Trinajstić information content (AvgIpc) is 3.21. The van der Waals surface area contributed by atoms with Crippen LogP contribution >= 0.6 is 11.3 Å². The summed E-state index contributed by atoms with van der Waals surface area (Å²) < 4.78 is 10.6. The number of furan rings is 1. The summed E-state index contributed by atoms with van der Waals surface area (Å²) in [6, 6.07) is 9.89. The van der Waals surface area contributed by atoms with E-state index in [2.05, 4.69) is 22.1 Å². The molecule has 5 heteroatoms. The fourth-order valence-corrected chi connectivity index (χ4v) is 3.56. The SMILES string of the molecule is COc1ccc2c(c1)CCc1sc(/N=C/c3ccco3)nc1-2. The molecule has 2 aromatic heterocycles. The normalized spacial score (nSPS) is 13.1. The third-order valence-corrected chi connectivity index (χ3v) is 4.74. The second-order valence-corrected chi connectivity index (χ2v) is 6.13. The molecule has 0 fully saturated rings. The molecule has 2 heterocycles. The fourth-order valence-electron chi connectivity index (χ4n) is 2.64. The van der Waals surface area contributed by atoms with Crippen LogP contribution in [0.5, 0.6) is 5.75 Å². The van der Waals surface area contributed by atoms with Gasteiger partial charge in [-0.25, -0.2) is 9.98 Å². The van der Waals surface area contributed by atoms with E-state index in [1.165, 1.54) is 16.0 Å². The maximum Gasteiger partial charge on any atom is 0.210 e. The molecule has 3 aromatic rings. The minimum absolute atomic E-state index is 0.735. The van der Waals surface area contributed by atoms with Gasteiger partial charge in [0.25, 0.3) is 0 Å². The number of methoxy groups -OCH3 is 1. The number of benzene rings is 1. The fraction of sp³-hybridized carbons (Fsp3) is 0.176. The van der Waals surface area contributed by atoms with Gasteiger partial charge in [0.15, 0.2) is 0 Å². The molecule has 0 amide bonds. The van der Waals surface area contributed by atoms with Crippen LogP contribution in [0.4, 0.5) is 5.13 Å². The summed E-state index contributed by atoms with van der Waals surface area (Å²) in [5, 5.41) is 0.769. The van der Waals surface area contributed by atoms with Gasteiger partial charge in [0.1, 0.15) is 11.5 Å². The van der Waals surface area contributed by atoms with E-state index in [9.17, 15) is 0 Å². The van der Waals surface area contributed by atoms with Gasteiger partial charge < -0.3 is 9.15 Å². The van der Waals surface area contributed by atoms with E-state index in [1.807, 2.05) is 18.2 Å². The maximum absolute atomic E-state index is 5.30. The largest absolute Gasteiger partial charge is 0.497 e. The lowest BCUT2D eigenvalue weighted by Gasteiger charge is -2.15. The van der Waals surface area contributed by atoms with Crippen molar-refractivity contribution in [3.63, 3.8) is 0 Å². The van der Waals surface area contributed by atoms with E-state index in [4.69, 9.17) is 9.15 Å². The smallest absolute Gasteiger partial charge is 0.210 e. The maximum atomic E-state index is 5.30. The summed E-state index contributed by atoms with van der Waals surface area (Å²) in [5.74, 6) is 1.63. The molecule has 0 spiro atoms. The molecule has 0 radical (unpaired) electrons. The lowest BCUT2D eigenvalue weighted by atomic mass is 9.93. The molecular formula is C17H14N2O2S. The van der Waals surface area contributed by atoms with Gasteiger partial charge in [-0.2, -0.15) is 0 Å². The monoisotopic (exact) mass is 310 g/mol. The predicted molar refractivity (Wildman–Crippen MR) is 87.5 cm³/mol. The van der Waals surface area contributed by atoms with Crippen molar-refractivity contribution in [3.05, 3.63) is 52.8 Å². The average molecular weight is 310 g/mol. The van der Waals surface area contributed by atoms with Crippen molar-refractivity contribution in [2.24, 2.45) is 4.99 Å². The minimum atomic E-state index is 0.735. The third-order valence-electron chi connectivity index (χ3n) is 3.72. The van der Waals surface area contributed by atoms with Crippen molar-refractivity contribution in [2.75, 3.05) is 7.11 Å². The van der Waals surface area contributed by atoms with Crippen molar-refractivity contribution in [1.29, 1.82) is 0 Å². The van der Waals surface area contributed by atoms with Gasteiger partial charge >= 0.3 is 0 Å². The van der Waals surface area contributed by atoms with Gasteiger partial charge in [-0.05, 0) is 48.7 Å². The van der Waals surface area contributed by atoms with E-state index in [0.717, 1.165) is 35.2 Å². The molecule has 0 unspecified atom stereocenters. The van der Waals surface area contributed by atoms with E-state index in [1.54, 1.807) is 30.9 Å². The van der Waals surface area contributed by atoms with Crippen LogP contribution in [0.3, 0.4) is 0 Å². The second kappa shape index (κ2) is 5.42. The van der Waals surface area contributed by atoms with E-state index < -0.39 is 0 Å². The van der Waals surface area contributed by atoms with Crippen molar-refractivity contribution >= 4 is 22.7 Å². The summed E-state index contributed by atoms with van der Waals surface area (Å²) in [7, 11) is 1.69. The highest BCUT2D eigenvalue weighted by molar-refractivity contribution is 7.15. The summed E-state index contributed by atoms with van der Waals surface area (Å²) in [6.07, 6.45) is 5.36. The van der Waals surface area contributed by atoms with Crippen LogP contribution in [-0.4, -0.2) is 18.3 Å². The number of hydrogen-bond donors (Lipinski definition) is 0. The highest BCUT2D eigenvalue weighted by Gasteiger charge is 2.21. The first kappa shape index (κ1) is 13.3. The number of thiazole rings is 1. The molecule has 1 aliphatic rings. The number of fused-ring (bicyclic) bond motifs is 3. The molecule has 22 heavy (non-hydrogen) atoms. The quantitative estimate of drug-likeness (QED) is 0.679. The summed E-state index contributed by atoms with van der Waals surface area (Å²) >= 11 is 1.65. The zero-order chi connectivity index (χ0) is 14.9. The summed E-state index contributed by atoms with van der Waals surface area (Å²) in [6.45, 7) is 0. The second-order valence-electron chi connectivity index (χ2n) is 5.06. The van der Waals surface area contributed by atoms with Gasteiger partial charge in [-0.15, -0.1) is 0 Å². The Morgan fingerprint density at radius 2 is 2.27 bits per heavy atom. The Balaban J connectivity index is 1.69. The van der Waals surface area contributed by atoms with Crippen LogP contribution in [0, 0.1) is 0 Å². The Labute approximate surface area is 132 Å². The van der Waals surface area contributed by atoms with Gasteiger partial charge in [0, 0.05) is 10.4 Å². The third kappa shape index (κ3) is 2.33. The Kier molecular flexibility index (Phi) is 3.27. The molecule has 1 aliphatic carbocycles. The Bertz CT molecular complexity index is 834. The molecule has 4 nitrogen and oxygen atoms in total. The van der Waals surface area contributed by atoms with Crippen LogP contribution in [0.2, 0.25) is 0 Å². The number of ether oxygens (including phenoxy) is 1. The first-order valence-corrected chi connectivity index (χ1v) is 7.90. The Morgan fingerprint density at radius 1 is 1.32 bits per heavy atom. The number of aryl methyl sites for hydroxylation is 2. The number of nitrogens with zero attached hydrogens (tertiary/aromatic N) is 2. The molecule has 0 N–H and O–H groups in total. The molecule has 0 aliphatic heterocycles. The predicted octanol–water partition coefficient (Wildman–Crippen LogP) is 4.26. The van der Waals surface area contributed by atoms with Crippen molar-refractivity contribution in [3.8, 4) is 17.0 Å². The molecule has 0 bridgehead atoms. The first-order chi connectivity index (χ1) is 10.8. The lowest BCUT2D eigenvalue weighted by Crippen LogP contribution is -2.02. The molecule has 0 atom stereocenters. The molecular weight excluding hydrogens is 296 g/mol. The number of hydrogen-bond acceptors (Lipinski definition) is 5. The minimum Gasteiger partial charge on any atom is -0.497 e. The summed E-state index contributed by atoms with van der Waals surface area (Å²) in [5.41, 5.74) is 3.54. The van der Waals surface area contributed by atoms with Crippen LogP contribution in [0.25, 0.3) is 11.3 Å². The van der Waals surface area contributed by atoms with E-state index in [-0.39, 0.29) is 0 Å². The molecule has 0 saturated heterocycles. The Morgan fingerprint density at radius 3 is 3.09 bits per heavy atom. The first-order valence-electron chi connectivity index (χ1n) is 7.08. The zero-order valence-corrected chi connectivity index (χ0v) is 12.9. The number of rotatable bonds is 3. The van der Waals surface area contributed by atoms with Gasteiger partial charge in [0.2, 0.25) is 5.13 Å². The molecule has 0 saturated carbocycles. The number of aromatic nitrogens is 1. The lowest BCUT2D eigenvalue weighted by molar-refractivity contribution is 0.414.